The summed E-state index contributed by atoms with van der Waals surface area (Å²) >= 11 is 0. The Bertz CT molecular complexity index is 461. The second-order valence-electron chi connectivity index (χ2n) is 5.09. The lowest BCUT2D eigenvalue weighted by atomic mass is 10.1. The molecule has 1 amide bonds. The molecule has 1 heterocycles. The molecule has 1 aromatic carbocycles. The molecule has 2 N–H and O–H groups in total. The van der Waals surface area contributed by atoms with Crippen LogP contribution in [0.25, 0.3) is 0 Å². The molecule has 20 heavy (non-hydrogen) atoms. The maximum absolute atomic E-state index is 11.6. The van der Waals surface area contributed by atoms with E-state index < -0.39 is 11.9 Å². The van der Waals surface area contributed by atoms with Gasteiger partial charge in [0.25, 0.3) is 0 Å². The van der Waals surface area contributed by atoms with Gasteiger partial charge in [0, 0.05) is 26.1 Å². The molecule has 1 saturated heterocycles. The van der Waals surface area contributed by atoms with Gasteiger partial charge in [-0.05, 0) is 18.5 Å². The molecule has 1 atom stereocenters. The number of carboxylic acid groups (broad SMARTS) is 1. The van der Waals surface area contributed by atoms with Crippen molar-refractivity contribution in [1.29, 1.82) is 0 Å². The fourth-order valence-corrected chi connectivity index (χ4v) is 2.38. The van der Waals surface area contributed by atoms with Crippen molar-refractivity contribution in [2.45, 2.75) is 19.4 Å². The lowest BCUT2D eigenvalue weighted by molar-refractivity contribution is -0.141. The smallest absolute Gasteiger partial charge is 0.308 e. The molecule has 0 spiro atoms. The lowest BCUT2D eigenvalue weighted by Gasteiger charge is -2.15. The monoisotopic (exact) mass is 276 g/mol. The van der Waals surface area contributed by atoms with Crippen molar-refractivity contribution >= 4 is 11.9 Å². The third-order valence-electron chi connectivity index (χ3n) is 3.52. The summed E-state index contributed by atoms with van der Waals surface area (Å²) in [6.07, 6.45) is 0.984. The van der Waals surface area contributed by atoms with Crippen LogP contribution in [0.1, 0.15) is 18.4 Å². The standard InChI is InChI=1S/C15H20N2O3/c18-14-9-13(15(19)20)11-17(14)8-4-7-16-10-12-5-2-1-3-6-12/h1-3,5-6,13,16H,4,7-11H2,(H,19,20). The number of hydrogen-bond acceptors (Lipinski definition) is 3. The molecule has 0 aromatic heterocycles. The summed E-state index contributed by atoms with van der Waals surface area (Å²) in [6.45, 7) is 2.61. The highest BCUT2D eigenvalue weighted by atomic mass is 16.4. The molecule has 0 bridgehead atoms. The van der Waals surface area contributed by atoms with Crippen molar-refractivity contribution in [2.75, 3.05) is 19.6 Å². The van der Waals surface area contributed by atoms with E-state index >= 15 is 0 Å². The average molecular weight is 276 g/mol. The summed E-state index contributed by atoms with van der Waals surface area (Å²) in [4.78, 5) is 24.1. The zero-order valence-electron chi connectivity index (χ0n) is 11.4. The quantitative estimate of drug-likeness (QED) is 0.732. The Morgan fingerprint density at radius 3 is 2.75 bits per heavy atom. The fraction of sp³-hybridized carbons (Fsp3) is 0.467. The SMILES string of the molecule is O=C(O)C1CC(=O)N(CCCNCc2ccccc2)C1. The Morgan fingerprint density at radius 1 is 1.35 bits per heavy atom. The average Bonchev–Trinajstić information content (AvgIpc) is 2.81. The largest absolute Gasteiger partial charge is 0.481 e. The molecule has 1 aliphatic rings. The zero-order chi connectivity index (χ0) is 14.4. The van der Waals surface area contributed by atoms with Gasteiger partial charge in [-0.15, -0.1) is 0 Å². The molecule has 1 aliphatic heterocycles. The van der Waals surface area contributed by atoms with Crippen molar-refractivity contribution in [1.82, 2.24) is 10.2 Å². The summed E-state index contributed by atoms with van der Waals surface area (Å²) in [7, 11) is 0. The highest BCUT2D eigenvalue weighted by Crippen LogP contribution is 2.17. The number of nitrogens with zero attached hydrogens (tertiary/aromatic N) is 1. The lowest BCUT2D eigenvalue weighted by Crippen LogP contribution is -2.29. The molecule has 0 saturated carbocycles. The molecule has 5 heteroatoms. The Hall–Kier alpha value is -1.88. The molecular weight excluding hydrogens is 256 g/mol. The van der Waals surface area contributed by atoms with Crippen molar-refractivity contribution in [3.05, 3.63) is 35.9 Å². The minimum atomic E-state index is -0.872. The van der Waals surface area contributed by atoms with Gasteiger partial charge >= 0.3 is 5.97 Å². The van der Waals surface area contributed by atoms with E-state index in [-0.39, 0.29) is 12.3 Å². The van der Waals surface area contributed by atoms with Gasteiger partial charge in [-0.2, -0.15) is 0 Å². The molecule has 1 fully saturated rings. The maximum atomic E-state index is 11.6. The van der Waals surface area contributed by atoms with Crippen LogP contribution in [-0.2, 0) is 16.1 Å². The van der Waals surface area contributed by atoms with Gasteiger partial charge in [-0.3, -0.25) is 9.59 Å². The first-order chi connectivity index (χ1) is 9.66. The predicted octanol–water partition coefficient (Wildman–Crippen LogP) is 1.10. The maximum Gasteiger partial charge on any atom is 0.308 e. The van der Waals surface area contributed by atoms with Crippen LogP contribution in [0, 0.1) is 5.92 Å². The summed E-state index contributed by atoms with van der Waals surface area (Å²) in [6, 6.07) is 10.1. The predicted molar refractivity (Wildman–Crippen MR) is 75.1 cm³/mol. The Kier molecular flexibility index (Phi) is 5.12. The molecule has 0 aliphatic carbocycles. The van der Waals surface area contributed by atoms with Crippen LogP contribution >= 0.6 is 0 Å². The molecule has 2 rings (SSSR count). The van der Waals surface area contributed by atoms with Gasteiger partial charge in [0.15, 0.2) is 0 Å². The van der Waals surface area contributed by atoms with E-state index in [9.17, 15) is 9.59 Å². The Balaban J connectivity index is 1.62. The van der Waals surface area contributed by atoms with Gasteiger partial charge in [-0.25, -0.2) is 0 Å². The van der Waals surface area contributed by atoms with E-state index in [1.54, 1.807) is 4.90 Å². The first kappa shape index (κ1) is 14.5. The number of benzene rings is 1. The minimum absolute atomic E-state index is 0.0412. The number of likely N-dealkylation sites (tertiary alicyclic amines) is 1. The van der Waals surface area contributed by atoms with Gasteiger partial charge in [0.1, 0.15) is 0 Å². The van der Waals surface area contributed by atoms with E-state index in [4.69, 9.17) is 5.11 Å². The molecular formula is C15H20N2O3. The first-order valence-electron chi connectivity index (χ1n) is 6.92. The summed E-state index contributed by atoms with van der Waals surface area (Å²) in [5, 5.41) is 12.2. The number of rotatable bonds is 7. The van der Waals surface area contributed by atoms with Crippen LogP contribution in [0.3, 0.4) is 0 Å². The van der Waals surface area contributed by atoms with Crippen LogP contribution in [0.2, 0.25) is 0 Å². The Labute approximate surface area is 118 Å². The van der Waals surface area contributed by atoms with Crippen LogP contribution in [-0.4, -0.2) is 41.5 Å². The van der Waals surface area contributed by atoms with Gasteiger partial charge in [0.05, 0.1) is 5.92 Å². The van der Waals surface area contributed by atoms with E-state index in [1.165, 1.54) is 5.56 Å². The van der Waals surface area contributed by atoms with E-state index in [2.05, 4.69) is 17.4 Å². The van der Waals surface area contributed by atoms with Gasteiger partial charge in [0.2, 0.25) is 5.91 Å². The van der Waals surface area contributed by atoms with Crippen molar-refractivity contribution in [2.24, 2.45) is 5.92 Å². The first-order valence-corrected chi connectivity index (χ1v) is 6.92. The van der Waals surface area contributed by atoms with Crippen molar-refractivity contribution in [3.63, 3.8) is 0 Å². The zero-order valence-corrected chi connectivity index (χ0v) is 11.4. The highest BCUT2D eigenvalue weighted by molar-refractivity contribution is 5.86. The number of hydrogen-bond donors (Lipinski definition) is 2. The molecule has 1 aromatic rings. The number of carbonyl (C=O) groups excluding carboxylic acids is 1. The third kappa shape index (κ3) is 4.06. The van der Waals surface area contributed by atoms with E-state index in [1.807, 2.05) is 18.2 Å². The highest BCUT2D eigenvalue weighted by Gasteiger charge is 2.33. The third-order valence-corrected chi connectivity index (χ3v) is 3.52. The summed E-state index contributed by atoms with van der Waals surface area (Å²) < 4.78 is 0. The summed E-state index contributed by atoms with van der Waals surface area (Å²) in [5.41, 5.74) is 1.23. The number of carboxylic acids is 1. The minimum Gasteiger partial charge on any atom is -0.481 e. The number of carbonyl (C=O) groups is 2. The van der Waals surface area contributed by atoms with Crippen molar-refractivity contribution in [3.8, 4) is 0 Å². The van der Waals surface area contributed by atoms with Crippen LogP contribution < -0.4 is 5.32 Å². The number of amides is 1. The topological polar surface area (TPSA) is 69.6 Å². The van der Waals surface area contributed by atoms with Crippen LogP contribution in [0.4, 0.5) is 0 Å². The molecule has 108 valence electrons. The van der Waals surface area contributed by atoms with Gasteiger partial charge in [-0.1, -0.05) is 30.3 Å². The van der Waals surface area contributed by atoms with E-state index in [0.29, 0.717) is 13.1 Å². The Morgan fingerprint density at radius 2 is 2.10 bits per heavy atom. The summed E-state index contributed by atoms with van der Waals surface area (Å²) in [5.74, 6) is -1.44. The molecule has 1 unspecified atom stereocenters. The van der Waals surface area contributed by atoms with Gasteiger partial charge < -0.3 is 15.3 Å². The molecule has 0 radical (unpaired) electrons. The second kappa shape index (κ2) is 7.05. The van der Waals surface area contributed by atoms with E-state index in [0.717, 1.165) is 19.5 Å². The molecule has 5 nitrogen and oxygen atoms in total. The van der Waals surface area contributed by atoms with Crippen LogP contribution in [0.15, 0.2) is 30.3 Å². The van der Waals surface area contributed by atoms with Crippen molar-refractivity contribution < 1.29 is 14.7 Å². The second-order valence-corrected chi connectivity index (χ2v) is 5.09. The number of aliphatic carboxylic acids is 1. The fourth-order valence-electron chi connectivity index (χ4n) is 2.38. The van der Waals surface area contributed by atoms with Crippen LogP contribution in [0.5, 0.6) is 0 Å². The normalized spacial score (nSPS) is 18.5. The number of nitrogens with one attached hydrogen (secondary N) is 1.